The molecule has 0 fully saturated rings. The number of likely N-dealkylation sites (N-methyl/N-ethyl adjacent to an activating group) is 1. The van der Waals surface area contributed by atoms with Gasteiger partial charge in [0.15, 0.2) is 0 Å². The Balaban J connectivity index is 2.38. The largest absolute Gasteiger partial charge is 0.311 e. The molecule has 1 aromatic carbocycles. The zero-order chi connectivity index (χ0) is 13.0. The maximum Gasteiger partial charge on any atom is 0.0764 e. The third kappa shape index (κ3) is 2.41. The van der Waals surface area contributed by atoms with Crippen LogP contribution in [0.25, 0.3) is 0 Å². The van der Waals surface area contributed by atoms with Crippen LogP contribution in [-0.4, -0.2) is 17.0 Å². The molecule has 0 spiro atoms. The Labute approximate surface area is 108 Å². The molecule has 94 valence electrons. The first-order chi connectivity index (χ1) is 8.66. The quantitative estimate of drug-likeness (QED) is 0.894. The molecule has 1 aromatic heterocycles. The van der Waals surface area contributed by atoms with E-state index in [-0.39, 0.29) is 11.5 Å². The van der Waals surface area contributed by atoms with Gasteiger partial charge in [-0.15, -0.1) is 0 Å². The van der Waals surface area contributed by atoms with Gasteiger partial charge >= 0.3 is 0 Å². The molecule has 0 saturated carbocycles. The van der Waals surface area contributed by atoms with Gasteiger partial charge in [-0.1, -0.05) is 44.2 Å². The lowest BCUT2D eigenvalue weighted by molar-refractivity contribution is 0.360. The van der Waals surface area contributed by atoms with Crippen LogP contribution < -0.4 is 5.32 Å². The Morgan fingerprint density at radius 2 is 1.83 bits per heavy atom. The van der Waals surface area contributed by atoms with Crippen molar-refractivity contribution in [1.82, 2.24) is 15.3 Å². The van der Waals surface area contributed by atoms with Crippen molar-refractivity contribution >= 4 is 0 Å². The maximum atomic E-state index is 4.42. The summed E-state index contributed by atoms with van der Waals surface area (Å²) in [5.41, 5.74) is 2.20. The van der Waals surface area contributed by atoms with Gasteiger partial charge in [0, 0.05) is 24.0 Å². The molecule has 0 amide bonds. The number of hydrogen-bond acceptors (Lipinski definition) is 3. The van der Waals surface area contributed by atoms with Crippen LogP contribution in [0.5, 0.6) is 0 Å². The van der Waals surface area contributed by atoms with Crippen molar-refractivity contribution in [3.05, 3.63) is 60.2 Å². The molecule has 1 unspecified atom stereocenters. The lowest BCUT2D eigenvalue weighted by atomic mass is 9.76. The fourth-order valence-electron chi connectivity index (χ4n) is 2.37. The summed E-state index contributed by atoms with van der Waals surface area (Å²) < 4.78 is 0. The van der Waals surface area contributed by atoms with Gasteiger partial charge in [0.25, 0.3) is 0 Å². The predicted molar refractivity (Wildman–Crippen MR) is 73.3 cm³/mol. The maximum absolute atomic E-state index is 4.42. The van der Waals surface area contributed by atoms with Crippen molar-refractivity contribution in [2.24, 2.45) is 0 Å². The summed E-state index contributed by atoms with van der Waals surface area (Å²) in [5.74, 6) is 0. The van der Waals surface area contributed by atoms with E-state index in [2.05, 4.69) is 53.4 Å². The van der Waals surface area contributed by atoms with Crippen LogP contribution in [0.2, 0.25) is 0 Å². The van der Waals surface area contributed by atoms with Crippen molar-refractivity contribution in [3.63, 3.8) is 0 Å². The number of hydrogen-bond donors (Lipinski definition) is 1. The van der Waals surface area contributed by atoms with Crippen LogP contribution >= 0.6 is 0 Å². The summed E-state index contributed by atoms with van der Waals surface area (Å²) >= 11 is 0. The van der Waals surface area contributed by atoms with Crippen LogP contribution in [0.4, 0.5) is 0 Å². The molecule has 0 bridgehead atoms. The molecule has 1 N–H and O–H groups in total. The van der Waals surface area contributed by atoms with Crippen molar-refractivity contribution in [2.45, 2.75) is 25.3 Å². The summed E-state index contributed by atoms with van der Waals surface area (Å²) in [6.07, 6.45) is 5.26. The van der Waals surface area contributed by atoms with Crippen LogP contribution in [0.3, 0.4) is 0 Å². The molecule has 1 heterocycles. The predicted octanol–water partition coefficient (Wildman–Crippen LogP) is 2.71. The van der Waals surface area contributed by atoms with Crippen LogP contribution in [0.1, 0.15) is 31.1 Å². The first kappa shape index (κ1) is 12.7. The van der Waals surface area contributed by atoms with Gasteiger partial charge in [-0.25, -0.2) is 0 Å². The SMILES string of the molecule is CNC(c1cnccn1)C(C)(C)c1ccccc1. The molecule has 0 aliphatic heterocycles. The monoisotopic (exact) mass is 241 g/mol. The second-order valence-electron chi connectivity index (χ2n) is 4.94. The van der Waals surface area contributed by atoms with E-state index in [0.717, 1.165) is 5.69 Å². The molecule has 0 saturated heterocycles. The highest BCUT2D eigenvalue weighted by Crippen LogP contribution is 2.35. The van der Waals surface area contributed by atoms with Crippen molar-refractivity contribution in [3.8, 4) is 0 Å². The molecule has 2 aromatic rings. The minimum absolute atomic E-state index is 0.0496. The van der Waals surface area contributed by atoms with E-state index in [1.807, 2.05) is 19.3 Å². The Morgan fingerprint density at radius 3 is 2.39 bits per heavy atom. The molecule has 0 aliphatic rings. The van der Waals surface area contributed by atoms with E-state index in [4.69, 9.17) is 0 Å². The topological polar surface area (TPSA) is 37.8 Å². The van der Waals surface area contributed by atoms with Gasteiger partial charge < -0.3 is 5.32 Å². The molecular formula is C15H19N3. The summed E-state index contributed by atoms with van der Waals surface area (Å²) in [4.78, 5) is 8.57. The zero-order valence-corrected chi connectivity index (χ0v) is 11.1. The van der Waals surface area contributed by atoms with Gasteiger partial charge in [0.1, 0.15) is 0 Å². The van der Waals surface area contributed by atoms with Gasteiger partial charge in [-0.05, 0) is 12.6 Å². The molecular weight excluding hydrogens is 222 g/mol. The average Bonchev–Trinajstić information content (AvgIpc) is 2.41. The second-order valence-corrected chi connectivity index (χ2v) is 4.94. The third-order valence-corrected chi connectivity index (χ3v) is 3.41. The van der Waals surface area contributed by atoms with Crippen LogP contribution in [0, 0.1) is 0 Å². The Hall–Kier alpha value is -1.74. The molecule has 0 radical (unpaired) electrons. The number of aromatic nitrogens is 2. The number of nitrogens with one attached hydrogen (secondary N) is 1. The Morgan fingerprint density at radius 1 is 1.11 bits per heavy atom. The van der Waals surface area contributed by atoms with E-state index in [0.29, 0.717) is 0 Å². The number of benzene rings is 1. The average molecular weight is 241 g/mol. The highest BCUT2D eigenvalue weighted by Gasteiger charge is 2.32. The van der Waals surface area contributed by atoms with E-state index in [1.165, 1.54) is 5.56 Å². The van der Waals surface area contributed by atoms with E-state index >= 15 is 0 Å². The lowest BCUT2D eigenvalue weighted by Gasteiger charge is -2.34. The first-order valence-electron chi connectivity index (χ1n) is 6.15. The van der Waals surface area contributed by atoms with Gasteiger partial charge in [-0.3, -0.25) is 9.97 Å². The summed E-state index contributed by atoms with van der Waals surface area (Å²) in [6, 6.07) is 10.6. The zero-order valence-electron chi connectivity index (χ0n) is 11.1. The van der Waals surface area contributed by atoms with Gasteiger partial charge in [0.05, 0.1) is 11.7 Å². The van der Waals surface area contributed by atoms with Crippen LogP contribution in [-0.2, 0) is 5.41 Å². The molecule has 2 rings (SSSR count). The summed E-state index contributed by atoms with van der Waals surface area (Å²) in [5, 5.41) is 3.35. The van der Waals surface area contributed by atoms with E-state index in [9.17, 15) is 0 Å². The van der Waals surface area contributed by atoms with Crippen LogP contribution in [0.15, 0.2) is 48.9 Å². The highest BCUT2D eigenvalue weighted by atomic mass is 14.9. The third-order valence-electron chi connectivity index (χ3n) is 3.41. The fourth-order valence-corrected chi connectivity index (χ4v) is 2.37. The minimum atomic E-state index is -0.0496. The smallest absolute Gasteiger partial charge is 0.0764 e. The van der Waals surface area contributed by atoms with Gasteiger partial charge in [0.2, 0.25) is 0 Å². The lowest BCUT2D eigenvalue weighted by Crippen LogP contribution is -2.36. The highest BCUT2D eigenvalue weighted by molar-refractivity contribution is 5.28. The fraction of sp³-hybridized carbons (Fsp3) is 0.333. The standard InChI is InChI=1S/C15H19N3/c1-15(2,12-7-5-4-6-8-12)14(16-3)13-11-17-9-10-18-13/h4-11,14,16H,1-3H3. The second kappa shape index (κ2) is 5.27. The normalized spacial score (nSPS) is 13.3. The Bertz CT molecular complexity index is 480. The minimum Gasteiger partial charge on any atom is -0.311 e. The summed E-state index contributed by atoms with van der Waals surface area (Å²) in [6.45, 7) is 4.44. The number of rotatable bonds is 4. The molecule has 3 heteroatoms. The van der Waals surface area contributed by atoms with E-state index < -0.39 is 0 Å². The van der Waals surface area contributed by atoms with E-state index in [1.54, 1.807) is 12.4 Å². The Kier molecular flexibility index (Phi) is 3.72. The van der Waals surface area contributed by atoms with Crippen molar-refractivity contribution in [2.75, 3.05) is 7.05 Å². The first-order valence-corrected chi connectivity index (χ1v) is 6.15. The molecule has 0 aliphatic carbocycles. The number of nitrogens with zero attached hydrogens (tertiary/aromatic N) is 2. The molecule has 3 nitrogen and oxygen atoms in total. The summed E-state index contributed by atoms with van der Waals surface area (Å²) in [7, 11) is 1.96. The molecule has 18 heavy (non-hydrogen) atoms. The molecule has 1 atom stereocenters. The van der Waals surface area contributed by atoms with Crippen molar-refractivity contribution in [1.29, 1.82) is 0 Å². The van der Waals surface area contributed by atoms with Crippen molar-refractivity contribution < 1.29 is 0 Å². The van der Waals surface area contributed by atoms with Gasteiger partial charge in [-0.2, -0.15) is 0 Å².